The fourth-order valence-corrected chi connectivity index (χ4v) is 4.75. The lowest BCUT2D eigenvalue weighted by molar-refractivity contribution is 0.241. The summed E-state index contributed by atoms with van der Waals surface area (Å²) in [5, 5.41) is 6.79. The fraction of sp³-hybridized carbons (Fsp3) is 0.360. The Labute approximate surface area is 182 Å². The third-order valence-corrected chi connectivity index (χ3v) is 6.35. The summed E-state index contributed by atoms with van der Waals surface area (Å²) in [6.45, 7) is 3.49. The average Bonchev–Trinajstić information content (AvgIpc) is 3.34. The molecule has 2 aromatic carbocycles. The van der Waals surface area contributed by atoms with Crippen LogP contribution in [0.2, 0.25) is 0 Å². The zero-order valence-corrected chi connectivity index (χ0v) is 17.9. The molecular weight excluding hydrogens is 389 g/mol. The van der Waals surface area contributed by atoms with Crippen molar-refractivity contribution in [3.8, 4) is 11.1 Å². The first-order valence-electron chi connectivity index (χ1n) is 11.1. The van der Waals surface area contributed by atoms with E-state index in [-0.39, 0.29) is 11.9 Å². The van der Waals surface area contributed by atoms with Crippen molar-refractivity contribution in [1.29, 1.82) is 0 Å². The van der Waals surface area contributed by atoms with Crippen molar-refractivity contribution in [2.45, 2.75) is 38.4 Å². The molecule has 6 heteroatoms. The third kappa shape index (κ3) is 4.05. The predicted octanol–water partition coefficient (Wildman–Crippen LogP) is 4.31. The highest BCUT2D eigenvalue weighted by Gasteiger charge is 2.26. The van der Waals surface area contributed by atoms with Gasteiger partial charge in [-0.3, -0.25) is 4.90 Å². The summed E-state index contributed by atoms with van der Waals surface area (Å²) in [5.74, 6) is 1.67. The van der Waals surface area contributed by atoms with E-state index in [1.54, 1.807) is 6.07 Å². The first kappa shape index (κ1) is 20.1. The highest BCUT2D eigenvalue weighted by atomic mass is 19.1. The molecule has 0 aliphatic carbocycles. The summed E-state index contributed by atoms with van der Waals surface area (Å²) >= 11 is 0. The average molecular weight is 418 g/mol. The van der Waals surface area contributed by atoms with E-state index in [0.29, 0.717) is 5.56 Å². The molecule has 0 spiro atoms. The smallest absolute Gasteiger partial charge is 0.147 e. The summed E-state index contributed by atoms with van der Waals surface area (Å²) in [4.78, 5) is 12.2. The summed E-state index contributed by atoms with van der Waals surface area (Å²) in [5.41, 5.74) is 5.09. The lowest BCUT2D eigenvalue weighted by Crippen LogP contribution is -2.32. The standard InChI is InChI=1S/C25H28FN5/c1-27-24-20-12-14-31(16-23(20)29-25(30-24)22-11-6-13-28-22)15-17-7-2-3-8-18(17)19-9-4-5-10-21(19)26/h2-5,7-10,22,28H,6,11-16H2,1H3,(H,27,29,30). The minimum atomic E-state index is -0.181. The van der Waals surface area contributed by atoms with E-state index in [4.69, 9.17) is 9.97 Å². The maximum absolute atomic E-state index is 14.5. The molecule has 3 heterocycles. The fourth-order valence-electron chi connectivity index (χ4n) is 4.75. The Hall–Kier alpha value is -2.83. The molecule has 2 N–H and O–H groups in total. The quantitative estimate of drug-likeness (QED) is 0.648. The van der Waals surface area contributed by atoms with Crippen molar-refractivity contribution < 1.29 is 4.39 Å². The van der Waals surface area contributed by atoms with Gasteiger partial charge in [0.25, 0.3) is 0 Å². The van der Waals surface area contributed by atoms with Crippen molar-refractivity contribution >= 4 is 5.82 Å². The van der Waals surface area contributed by atoms with Crippen LogP contribution in [0.1, 0.15) is 41.5 Å². The van der Waals surface area contributed by atoms with E-state index in [9.17, 15) is 4.39 Å². The number of anilines is 1. The van der Waals surface area contributed by atoms with Crippen LogP contribution in [-0.4, -0.2) is 35.0 Å². The van der Waals surface area contributed by atoms with Gasteiger partial charge in [-0.2, -0.15) is 0 Å². The molecule has 1 aromatic heterocycles. The second-order valence-corrected chi connectivity index (χ2v) is 8.35. The van der Waals surface area contributed by atoms with Gasteiger partial charge in [0.2, 0.25) is 0 Å². The van der Waals surface area contributed by atoms with Crippen LogP contribution in [-0.2, 0) is 19.5 Å². The molecule has 1 unspecified atom stereocenters. The largest absolute Gasteiger partial charge is 0.373 e. The van der Waals surface area contributed by atoms with E-state index >= 15 is 0 Å². The van der Waals surface area contributed by atoms with Crippen LogP contribution in [0, 0.1) is 5.82 Å². The van der Waals surface area contributed by atoms with Crippen LogP contribution in [0.3, 0.4) is 0 Å². The number of benzene rings is 2. The molecule has 0 radical (unpaired) electrons. The minimum absolute atomic E-state index is 0.181. The Morgan fingerprint density at radius 2 is 1.90 bits per heavy atom. The van der Waals surface area contributed by atoms with Crippen LogP contribution < -0.4 is 10.6 Å². The number of hydrogen-bond acceptors (Lipinski definition) is 5. The van der Waals surface area contributed by atoms with Gasteiger partial charge >= 0.3 is 0 Å². The van der Waals surface area contributed by atoms with Gasteiger partial charge in [0.15, 0.2) is 0 Å². The van der Waals surface area contributed by atoms with Gasteiger partial charge in [0.1, 0.15) is 17.5 Å². The van der Waals surface area contributed by atoms with Crippen molar-refractivity contribution in [2.24, 2.45) is 0 Å². The summed E-state index contributed by atoms with van der Waals surface area (Å²) in [6, 6.07) is 15.4. The summed E-state index contributed by atoms with van der Waals surface area (Å²) in [7, 11) is 1.94. The van der Waals surface area contributed by atoms with Crippen LogP contribution in [0.25, 0.3) is 11.1 Å². The Morgan fingerprint density at radius 3 is 2.68 bits per heavy atom. The Bertz CT molecular complexity index is 1080. The molecule has 160 valence electrons. The van der Waals surface area contributed by atoms with Crippen LogP contribution in [0.5, 0.6) is 0 Å². The van der Waals surface area contributed by atoms with E-state index in [0.717, 1.165) is 67.5 Å². The minimum Gasteiger partial charge on any atom is -0.373 e. The van der Waals surface area contributed by atoms with Crippen LogP contribution in [0.15, 0.2) is 48.5 Å². The molecule has 1 fully saturated rings. The van der Waals surface area contributed by atoms with Crippen molar-refractivity contribution in [2.75, 3.05) is 25.5 Å². The monoisotopic (exact) mass is 417 g/mol. The van der Waals surface area contributed by atoms with Crippen molar-refractivity contribution in [3.05, 3.63) is 77.0 Å². The number of hydrogen-bond donors (Lipinski definition) is 2. The molecule has 1 atom stereocenters. The molecule has 5 nitrogen and oxygen atoms in total. The summed E-state index contributed by atoms with van der Waals surface area (Å²) in [6.07, 6.45) is 3.16. The third-order valence-electron chi connectivity index (χ3n) is 6.35. The van der Waals surface area contributed by atoms with Crippen molar-refractivity contribution in [3.63, 3.8) is 0 Å². The normalized spacial score (nSPS) is 18.7. The molecule has 0 amide bonds. The number of nitrogens with one attached hydrogen (secondary N) is 2. The van der Waals surface area contributed by atoms with Gasteiger partial charge in [0.05, 0.1) is 11.7 Å². The second-order valence-electron chi connectivity index (χ2n) is 8.35. The van der Waals surface area contributed by atoms with E-state index in [1.165, 1.54) is 18.1 Å². The Kier molecular flexibility index (Phi) is 5.66. The number of nitrogens with zero attached hydrogens (tertiary/aromatic N) is 3. The lowest BCUT2D eigenvalue weighted by atomic mass is 9.97. The number of halogens is 1. The van der Waals surface area contributed by atoms with Crippen molar-refractivity contribution in [1.82, 2.24) is 20.2 Å². The molecule has 1 saturated heterocycles. The van der Waals surface area contributed by atoms with Gasteiger partial charge in [-0.15, -0.1) is 0 Å². The molecule has 0 bridgehead atoms. The van der Waals surface area contributed by atoms with Gasteiger partial charge < -0.3 is 10.6 Å². The first-order valence-corrected chi connectivity index (χ1v) is 11.1. The highest BCUT2D eigenvalue weighted by Crippen LogP contribution is 2.31. The van der Waals surface area contributed by atoms with E-state index in [1.807, 2.05) is 37.4 Å². The molecule has 31 heavy (non-hydrogen) atoms. The second kappa shape index (κ2) is 8.73. The lowest BCUT2D eigenvalue weighted by Gasteiger charge is -2.30. The number of aromatic nitrogens is 2. The predicted molar refractivity (Wildman–Crippen MR) is 121 cm³/mol. The van der Waals surface area contributed by atoms with E-state index < -0.39 is 0 Å². The molecule has 0 saturated carbocycles. The molecule has 2 aliphatic rings. The van der Waals surface area contributed by atoms with Gasteiger partial charge in [0, 0.05) is 37.8 Å². The van der Waals surface area contributed by atoms with E-state index in [2.05, 4.69) is 21.6 Å². The van der Waals surface area contributed by atoms with Crippen LogP contribution >= 0.6 is 0 Å². The molecule has 5 rings (SSSR count). The first-order chi connectivity index (χ1) is 15.2. The van der Waals surface area contributed by atoms with Gasteiger partial charge in [-0.1, -0.05) is 42.5 Å². The Morgan fingerprint density at radius 1 is 1.10 bits per heavy atom. The zero-order valence-electron chi connectivity index (χ0n) is 17.9. The summed E-state index contributed by atoms with van der Waals surface area (Å²) < 4.78 is 14.5. The Balaban J connectivity index is 1.42. The van der Waals surface area contributed by atoms with Crippen LogP contribution in [0.4, 0.5) is 10.2 Å². The molecule has 3 aromatic rings. The molecule has 2 aliphatic heterocycles. The SMILES string of the molecule is CNc1nc(C2CCCN2)nc2c1CCN(Cc1ccccc1-c1ccccc1F)C2. The maximum atomic E-state index is 14.5. The molecular formula is C25H28FN5. The topological polar surface area (TPSA) is 53.1 Å². The number of rotatable bonds is 5. The maximum Gasteiger partial charge on any atom is 0.147 e. The number of fused-ring (bicyclic) bond motifs is 1. The van der Waals surface area contributed by atoms with Gasteiger partial charge in [-0.05, 0) is 43.0 Å². The zero-order chi connectivity index (χ0) is 21.2. The highest BCUT2D eigenvalue weighted by molar-refractivity contribution is 5.67. The van der Waals surface area contributed by atoms with Gasteiger partial charge in [-0.25, -0.2) is 14.4 Å².